The van der Waals surface area contributed by atoms with Gasteiger partial charge >= 0.3 is 0 Å². The zero-order chi connectivity index (χ0) is 18.1. The summed E-state index contributed by atoms with van der Waals surface area (Å²) in [6.45, 7) is 2.26. The quantitative estimate of drug-likeness (QED) is 0.374. The number of rotatable bonds is 1. The predicted molar refractivity (Wildman–Crippen MR) is 112 cm³/mol. The van der Waals surface area contributed by atoms with Crippen molar-refractivity contribution in [3.05, 3.63) is 90.6 Å². The van der Waals surface area contributed by atoms with Crippen LogP contribution in [0.3, 0.4) is 0 Å². The van der Waals surface area contributed by atoms with Crippen molar-refractivity contribution in [2.45, 2.75) is 13.1 Å². The third kappa shape index (κ3) is 2.27. The standard InChI is InChI=1S/C24H20N3.Y/c1-16-19-14-23-20(15-22(19)26-13-12-25(2)24(16)26)18-10-6-7-11-21(18)27(23)17-8-4-3-5-9-17;/h3-15,24H,1-2H3;/q-1;. The van der Waals surface area contributed by atoms with Gasteiger partial charge in [0.2, 0.25) is 0 Å². The fraction of sp³-hybridized carbons (Fsp3) is 0.125. The molecule has 3 nitrogen and oxygen atoms in total. The summed E-state index contributed by atoms with van der Waals surface area (Å²) in [5.41, 5.74) is 6.39. The zero-order valence-corrected chi connectivity index (χ0v) is 18.8. The van der Waals surface area contributed by atoms with Crippen LogP contribution in [0, 0.1) is 5.92 Å². The molecule has 1 unspecified atom stereocenters. The van der Waals surface area contributed by atoms with Gasteiger partial charge in [0.05, 0.1) is 11.7 Å². The molecule has 1 radical (unpaired) electrons. The molecule has 1 atom stereocenters. The summed E-state index contributed by atoms with van der Waals surface area (Å²) in [6, 6.07) is 24.1. The Morgan fingerprint density at radius 1 is 0.821 bits per heavy atom. The molecule has 0 amide bonds. The Labute approximate surface area is 190 Å². The Bertz CT molecular complexity index is 1230. The first-order chi connectivity index (χ1) is 13.2. The number of anilines is 1. The van der Waals surface area contributed by atoms with Crippen LogP contribution in [0.4, 0.5) is 5.69 Å². The Morgan fingerprint density at radius 3 is 2.39 bits per heavy atom. The van der Waals surface area contributed by atoms with Gasteiger partial charge in [-0.05, 0) is 29.1 Å². The van der Waals surface area contributed by atoms with Crippen molar-refractivity contribution in [3.8, 4) is 5.69 Å². The summed E-state index contributed by atoms with van der Waals surface area (Å²) in [6.07, 6.45) is 4.67. The van der Waals surface area contributed by atoms with Crippen LogP contribution in [0.5, 0.6) is 0 Å². The van der Waals surface area contributed by atoms with Crippen LogP contribution in [0.15, 0.2) is 79.1 Å². The topological polar surface area (TPSA) is 11.4 Å². The summed E-state index contributed by atoms with van der Waals surface area (Å²) in [5.74, 6) is 1.41. The summed E-state index contributed by atoms with van der Waals surface area (Å²) in [5, 5.41) is 2.61. The first kappa shape index (κ1) is 17.8. The molecule has 2 aliphatic rings. The van der Waals surface area contributed by atoms with Crippen LogP contribution in [0.2, 0.25) is 0 Å². The first-order valence-electron chi connectivity index (χ1n) is 9.39. The zero-order valence-electron chi connectivity index (χ0n) is 16.0. The molecule has 6 rings (SSSR count). The second-order valence-electron chi connectivity index (χ2n) is 7.50. The number of aromatic nitrogens is 1. The Morgan fingerprint density at radius 2 is 1.57 bits per heavy atom. The molecule has 3 aromatic carbocycles. The molecule has 0 bridgehead atoms. The minimum absolute atomic E-state index is 0. The summed E-state index contributed by atoms with van der Waals surface area (Å²) in [7, 11) is 2.15. The molecule has 0 spiro atoms. The van der Waals surface area contributed by atoms with Crippen LogP contribution in [-0.2, 0) is 32.7 Å². The fourth-order valence-corrected chi connectivity index (χ4v) is 4.79. The van der Waals surface area contributed by atoms with E-state index in [2.05, 4.69) is 107 Å². The molecule has 0 fully saturated rings. The molecule has 4 heteroatoms. The molecular formula is C24H20N3Y-. The van der Waals surface area contributed by atoms with E-state index in [1.807, 2.05) is 0 Å². The average molecular weight is 439 g/mol. The van der Waals surface area contributed by atoms with Crippen LogP contribution < -0.4 is 4.90 Å². The molecule has 0 aliphatic carbocycles. The molecule has 4 aromatic rings. The van der Waals surface area contributed by atoms with Gasteiger partial charge in [-0.2, -0.15) is 5.56 Å². The molecule has 1 aromatic heterocycles. The van der Waals surface area contributed by atoms with Crippen LogP contribution in [-0.4, -0.2) is 22.7 Å². The van der Waals surface area contributed by atoms with Crippen LogP contribution in [0.25, 0.3) is 27.5 Å². The number of nitrogens with zero attached hydrogens (tertiary/aromatic N) is 3. The second-order valence-corrected chi connectivity index (χ2v) is 7.50. The predicted octanol–water partition coefficient (Wildman–Crippen LogP) is 5.29. The van der Waals surface area contributed by atoms with Crippen LogP contribution in [0.1, 0.15) is 12.5 Å². The van der Waals surface area contributed by atoms with Gasteiger partial charge in [-0.1, -0.05) is 55.1 Å². The van der Waals surface area contributed by atoms with Gasteiger partial charge in [0, 0.05) is 63.2 Å². The van der Waals surface area contributed by atoms with Crippen molar-refractivity contribution in [3.63, 3.8) is 0 Å². The third-order valence-electron chi connectivity index (χ3n) is 6.01. The van der Waals surface area contributed by atoms with E-state index >= 15 is 0 Å². The van der Waals surface area contributed by atoms with Crippen molar-refractivity contribution >= 4 is 27.5 Å². The smallest absolute Gasteiger partial charge is 0.0709 e. The molecule has 0 saturated heterocycles. The summed E-state index contributed by atoms with van der Waals surface area (Å²) in [4.78, 5) is 4.67. The Kier molecular flexibility index (Phi) is 4.08. The molecule has 0 N–H and O–H groups in total. The minimum Gasteiger partial charge on any atom is -0.386 e. The molecule has 3 heterocycles. The van der Waals surface area contributed by atoms with Crippen molar-refractivity contribution in [1.29, 1.82) is 0 Å². The van der Waals surface area contributed by atoms with Gasteiger partial charge in [-0.15, -0.1) is 12.0 Å². The van der Waals surface area contributed by atoms with E-state index in [1.54, 1.807) is 0 Å². The number of para-hydroxylation sites is 2. The number of hydrogen-bond acceptors (Lipinski definition) is 2. The average Bonchev–Trinajstić information content (AvgIpc) is 3.33. The SMILES string of the molecule is C[C-]1c2cc3c(cc2N2C=CN(C)C12)c1ccccc1n3-c1ccccc1.[Y]. The Balaban J connectivity index is 0.00000171. The van der Waals surface area contributed by atoms with E-state index in [9.17, 15) is 0 Å². The van der Waals surface area contributed by atoms with E-state index in [1.165, 1.54) is 44.7 Å². The van der Waals surface area contributed by atoms with Gasteiger partial charge in [-0.25, -0.2) is 0 Å². The molecular weight excluding hydrogens is 419 g/mol. The maximum atomic E-state index is 2.39. The summed E-state index contributed by atoms with van der Waals surface area (Å²) >= 11 is 0. The van der Waals surface area contributed by atoms with E-state index < -0.39 is 0 Å². The molecule has 135 valence electrons. The monoisotopic (exact) mass is 439 g/mol. The van der Waals surface area contributed by atoms with Crippen molar-refractivity contribution in [2.75, 3.05) is 11.9 Å². The Hall–Kier alpha value is -2.23. The van der Waals surface area contributed by atoms with E-state index in [-0.39, 0.29) is 32.7 Å². The second kappa shape index (κ2) is 6.40. The van der Waals surface area contributed by atoms with Crippen molar-refractivity contribution in [1.82, 2.24) is 9.47 Å². The maximum absolute atomic E-state index is 2.39. The van der Waals surface area contributed by atoms with E-state index in [4.69, 9.17) is 0 Å². The molecule has 0 saturated carbocycles. The number of likely N-dealkylation sites (N-methyl/N-ethyl adjacent to an activating group) is 1. The third-order valence-corrected chi connectivity index (χ3v) is 6.01. The molecule has 28 heavy (non-hydrogen) atoms. The van der Waals surface area contributed by atoms with Crippen LogP contribution >= 0.6 is 0 Å². The van der Waals surface area contributed by atoms with Gasteiger partial charge in [0.1, 0.15) is 0 Å². The minimum atomic E-state index is 0. The number of fused-ring (bicyclic) bond motifs is 6. The van der Waals surface area contributed by atoms with Crippen molar-refractivity contribution in [2.24, 2.45) is 0 Å². The maximum Gasteiger partial charge on any atom is 0.0709 e. The molecule has 2 aliphatic heterocycles. The fourth-order valence-electron chi connectivity index (χ4n) is 4.79. The normalized spacial score (nSPS) is 17.4. The first-order valence-corrected chi connectivity index (χ1v) is 9.39. The van der Waals surface area contributed by atoms with E-state index in [0.29, 0.717) is 6.17 Å². The van der Waals surface area contributed by atoms with Crippen molar-refractivity contribution < 1.29 is 32.7 Å². The summed E-state index contributed by atoms with van der Waals surface area (Å²) < 4.78 is 2.39. The number of benzene rings is 3. The van der Waals surface area contributed by atoms with Gasteiger partial charge in [0.25, 0.3) is 0 Å². The van der Waals surface area contributed by atoms with Gasteiger partial charge < -0.3 is 14.4 Å². The van der Waals surface area contributed by atoms with Gasteiger partial charge in [-0.3, -0.25) is 0 Å². The van der Waals surface area contributed by atoms with Gasteiger partial charge in [0.15, 0.2) is 0 Å². The van der Waals surface area contributed by atoms with E-state index in [0.717, 1.165) is 0 Å². The largest absolute Gasteiger partial charge is 0.386 e. The number of hydrogen-bond donors (Lipinski definition) is 0.